The van der Waals surface area contributed by atoms with Gasteiger partial charge in [0.1, 0.15) is 11.2 Å². The lowest BCUT2D eigenvalue weighted by Crippen LogP contribution is -2.52. The molecule has 2 N–H and O–H groups in total. The number of urea groups is 1. The SMILES string of the molecule is CN1CC2CC1CC1(C2)NC(=O)N(Cc2cn[nH]n2)C1=O. The topological polar surface area (TPSA) is 94.2 Å². The molecule has 3 fully saturated rings. The van der Waals surface area contributed by atoms with E-state index in [1.807, 2.05) is 0 Å². The fourth-order valence-electron chi connectivity index (χ4n) is 4.12. The lowest BCUT2D eigenvalue weighted by Gasteiger charge is -2.35. The van der Waals surface area contributed by atoms with Crippen LogP contribution >= 0.6 is 0 Å². The molecule has 3 heterocycles. The van der Waals surface area contributed by atoms with Gasteiger partial charge in [-0.25, -0.2) is 4.79 Å². The van der Waals surface area contributed by atoms with Crippen LogP contribution in [-0.4, -0.2) is 62.3 Å². The van der Waals surface area contributed by atoms with Gasteiger partial charge in [0.05, 0.1) is 12.7 Å². The third kappa shape index (κ3) is 1.85. The number of aromatic amines is 1. The van der Waals surface area contributed by atoms with Crippen molar-refractivity contribution >= 4 is 11.9 Å². The van der Waals surface area contributed by atoms with E-state index < -0.39 is 5.54 Å². The maximum Gasteiger partial charge on any atom is 0.325 e. The third-order valence-electron chi connectivity index (χ3n) is 5.03. The Labute approximate surface area is 121 Å². The van der Waals surface area contributed by atoms with Gasteiger partial charge in [-0.3, -0.25) is 9.69 Å². The number of amides is 3. The molecule has 3 aliphatic rings. The van der Waals surface area contributed by atoms with E-state index in [4.69, 9.17) is 0 Å². The quantitative estimate of drug-likeness (QED) is 0.730. The second kappa shape index (κ2) is 4.27. The molecule has 2 aliphatic heterocycles. The van der Waals surface area contributed by atoms with E-state index in [1.165, 1.54) is 11.1 Å². The van der Waals surface area contributed by atoms with Crippen LogP contribution in [0.2, 0.25) is 0 Å². The molecule has 4 rings (SSSR count). The first-order valence-corrected chi connectivity index (χ1v) is 7.26. The fraction of sp³-hybridized carbons (Fsp3) is 0.692. The van der Waals surface area contributed by atoms with Gasteiger partial charge >= 0.3 is 6.03 Å². The molecule has 21 heavy (non-hydrogen) atoms. The first kappa shape index (κ1) is 12.8. The average molecular weight is 290 g/mol. The Balaban J connectivity index is 1.58. The molecular weight excluding hydrogens is 272 g/mol. The van der Waals surface area contributed by atoms with Gasteiger partial charge in [0.2, 0.25) is 0 Å². The summed E-state index contributed by atoms with van der Waals surface area (Å²) in [4.78, 5) is 28.6. The molecule has 1 aliphatic carbocycles. The zero-order chi connectivity index (χ0) is 14.6. The van der Waals surface area contributed by atoms with Crippen molar-refractivity contribution in [2.45, 2.75) is 37.4 Å². The number of carbonyl (C=O) groups is 2. The number of hydrogen-bond donors (Lipinski definition) is 2. The summed E-state index contributed by atoms with van der Waals surface area (Å²) in [5, 5.41) is 13.1. The standard InChI is InChI=1S/C13H18N6O2/c1-18-6-8-2-10(18)4-13(3-8)11(20)19(12(21)15-13)7-9-5-14-17-16-9/h5,8,10H,2-4,6-7H2,1H3,(H,15,21)(H,14,16,17). The van der Waals surface area contributed by atoms with E-state index in [0.29, 0.717) is 24.1 Å². The Bertz CT molecular complexity index is 585. The van der Waals surface area contributed by atoms with Crippen molar-refractivity contribution in [1.82, 2.24) is 30.5 Å². The van der Waals surface area contributed by atoms with Crippen LogP contribution in [-0.2, 0) is 11.3 Å². The zero-order valence-corrected chi connectivity index (χ0v) is 11.9. The summed E-state index contributed by atoms with van der Waals surface area (Å²) in [6.07, 6.45) is 4.11. The molecule has 1 saturated carbocycles. The molecule has 3 unspecified atom stereocenters. The number of nitrogens with zero attached hydrogens (tertiary/aromatic N) is 4. The second-order valence-corrected chi connectivity index (χ2v) is 6.47. The van der Waals surface area contributed by atoms with Gasteiger partial charge in [0.15, 0.2) is 0 Å². The van der Waals surface area contributed by atoms with Gasteiger partial charge < -0.3 is 10.2 Å². The predicted molar refractivity (Wildman–Crippen MR) is 72.0 cm³/mol. The summed E-state index contributed by atoms with van der Waals surface area (Å²) in [5.41, 5.74) is -0.120. The zero-order valence-electron chi connectivity index (χ0n) is 11.9. The number of aromatic nitrogens is 3. The average Bonchev–Trinajstić information content (AvgIpc) is 3.09. The number of fused-ring (bicyclic) bond motifs is 2. The molecular formula is C13H18N6O2. The van der Waals surface area contributed by atoms with E-state index in [2.05, 4.69) is 32.7 Å². The summed E-state index contributed by atoms with van der Waals surface area (Å²) >= 11 is 0. The van der Waals surface area contributed by atoms with E-state index >= 15 is 0 Å². The van der Waals surface area contributed by atoms with Crippen molar-refractivity contribution in [2.75, 3.05) is 13.6 Å². The van der Waals surface area contributed by atoms with Crippen LogP contribution in [0.15, 0.2) is 6.20 Å². The van der Waals surface area contributed by atoms with Crippen molar-refractivity contribution in [3.63, 3.8) is 0 Å². The van der Waals surface area contributed by atoms with Gasteiger partial charge in [-0.2, -0.15) is 15.4 Å². The minimum atomic E-state index is -0.709. The molecule has 0 aromatic carbocycles. The summed E-state index contributed by atoms with van der Waals surface area (Å²) < 4.78 is 0. The van der Waals surface area contributed by atoms with E-state index in [1.54, 1.807) is 0 Å². The van der Waals surface area contributed by atoms with Crippen LogP contribution in [0.3, 0.4) is 0 Å². The van der Waals surface area contributed by atoms with E-state index in [9.17, 15) is 9.59 Å². The van der Waals surface area contributed by atoms with Crippen LogP contribution in [0.25, 0.3) is 0 Å². The van der Waals surface area contributed by atoms with Crippen LogP contribution in [0.4, 0.5) is 4.79 Å². The van der Waals surface area contributed by atoms with Crippen LogP contribution in [0.1, 0.15) is 25.0 Å². The van der Waals surface area contributed by atoms with Crippen molar-refractivity contribution in [2.24, 2.45) is 5.92 Å². The van der Waals surface area contributed by atoms with Crippen LogP contribution in [0.5, 0.6) is 0 Å². The molecule has 3 atom stereocenters. The van der Waals surface area contributed by atoms with Gasteiger partial charge in [-0.15, -0.1) is 0 Å². The van der Waals surface area contributed by atoms with Crippen molar-refractivity contribution in [3.05, 3.63) is 11.9 Å². The lowest BCUT2D eigenvalue weighted by atomic mass is 9.76. The number of H-pyrrole nitrogens is 1. The van der Waals surface area contributed by atoms with Gasteiger partial charge in [0.25, 0.3) is 5.91 Å². The highest BCUT2D eigenvalue weighted by molar-refractivity contribution is 6.07. The molecule has 1 aromatic rings. The molecule has 0 radical (unpaired) electrons. The largest absolute Gasteiger partial charge is 0.325 e. The predicted octanol–water partition coefficient (Wildman–Crippen LogP) is -0.291. The molecule has 112 valence electrons. The second-order valence-electron chi connectivity index (χ2n) is 6.47. The third-order valence-corrected chi connectivity index (χ3v) is 5.03. The van der Waals surface area contributed by atoms with E-state index in [-0.39, 0.29) is 18.5 Å². The van der Waals surface area contributed by atoms with E-state index in [0.717, 1.165) is 19.4 Å². The number of carbonyl (C=O) groups excluding carboxylic acids is 2. The highest BCUT2D eigenvalue weighted by Gasteiger charge is 2.57. The minimum Gasteiger partial charge on any atom is -0.323 e. The molecule has 2 bridgehead atoms. The number of imide groups is 1. The number of hydrogen-bond acceptors (Lipinski definition) is 5. The lowest BCUT2D eigenvalue weighted by molar-refractivity contribution is -0.133. The number of nitrogens with one attached hydrogen (secondary N) is 2. The van der Waals surface area contributed by atoms with Crippen molar-refractivity contribution in [1.29, 1.82) is 0 Å². The molecule has 2 saturated heterocycles. The Kier molecular flexibility index (Phi) is 2.59. The maximum atomic E-state index is 12.8. The van der Waals surface area contributed by atoms with Gasteiger partial charge in [-0.05, 0) is 32.2 Å². The smallest absolute Gasteiger partial charge is 0.323 e. The summed E-state index contributed by atoms with van der Waals surface area (Å²) in [7, 11) is 2.10. The Morgan fingerprint density at radius 2 is 2.29 bits per heavy atom. The van der Waals surface area contributed by atoms with Crippen molar-refractivity contribution < 1.29 is 9.59 Å². The van der Waals surface area contributed by atoms with Crippen LogP contribution in [0, 0.1) is 5.92 Å². The molecule has 1 aromatic heterocycles. The fourth-order valence-corrected chi connectivity index (χ4v) is 4.12. The Hall–Kier alpha value is -1.96. The normalized spacial score (nSPS) is 35.8. The summed E-state index contributed by atoms with van der Waals surface area (Å²) in [6.45, 7) is 1.19. The van der Waals surface area contributed by atoms with Crippen LogP contribution < -0.4 is 5.32 Å². The first-order valence-electron chi connectivity index (χ1n) is 7.26. The molecule has 1 spiro atoms. The highest BCUT2D eigenvalue weighted by Crippen LogP contribution is 2.43. The minimum absolute atomic E-state index is 0.111. The van der Waals surface area contributed by atoms with Gasteiger partial charge in [0, 0.05) is 12.6 Å². The van der Waals surface area contributed by atoms with Gasteiger partial charge in [-0.1, -0.05) is 0 Å². The summed E-state index contributed by atoms with van der Waals surface area (Å²) in [5.74, 6) is 0.380. The highest BCUT2D eigenvalue weighted by atomic mass is 16.2. The number of rotatable bonds is 2. The number of likely N-dealkylation sites (tertiary alicyclic amines) is 1. The molecule has 8 heteroatoms. The monoisotopic (exact) mass is 290 g/mol. The Morgan fingerprint density at radius 1 is 1.43 bits per heavy atom. The Morgan fingerprint density at radius 3 is 3.00 bits per heavy atom. The molecule has 3 amide bonds. The summed E-state index contributed by atoms with van der Waals surface area (Å²) in [6, 6.07) is 0.0759. The molecule has 8 nitrogen and oxygen atoms in total. The van der Waals surface area contributed by atoms with Crippen molar-refractivity contribution in [3.8, 4) is 0 Å². The first-order chi connectivity index (χ1) is 10.1. The maximum absolute atomic E-state index is 12.8.